The average molecular weight is 320 g/mol. The molecule has 3 heterocycles. The van der Waals surface area contributed by atoms with Crippen LogP contribution in [0.5, 0.6) is 0 Å². The normalized spacial score (nSPS) is 20.7. The molecule has 1 atom stereocenters. The van der Waals surface area contributed by atoms with E-state index in [0.29, 0.717) is 31.0 Å². The van der Waals surface area contributed by atoms with Crippen molar-refractivity contribution in [1.82, 2.24) is 9.88 Å². The number of primary amides is 1. The van der Waals surface area contributed by atoms with Gasteiger partial charge in [-0.3, -0.25) is 9.79 Å². The summed E-state index contributed by atoms with van der Waals surface area (Å²) in [5, 5.41) is 2.63. The van der Waals surface area contributed by atoms with Crippen LogP contribution in [0.15, 0.2) is 27.8 Å². The highest BCUT2D eigenvalue weighted by Gasteiger charge is 2.39. The number of allylic oxidation sites excluding steroid dienone is 1. The maximum absolute atomic E-state index is 12.1. The van der Waals surface area contributed by atoms with E-state index in [1.807, 2.05) is 10.3 Å². The number of esters is 1. The standard InChI is InChI=1S/C14H16N4O3S/c1-2-21-14(20)9-6-17-12(13-16-3-4-22-13)18-7-8(11(15)19)5-10(9)18/h3-4,8H,2,5-7H2,1H3,(H2,15,19). The van der Waals surface area contributed by atoms with Gasteiger partial charge < -0.3 is 15.4 Å². The second-order valence-corrected chi connectivity index (χ2v) is 5.93. The fourth-order valence-electron chi connectivity index (χ4n) is 2.68. The lowest BCUT2D eigenvalue weighted by atomic mass is 10.0. The molecule has 1 fully saturated rings. The Balaban J connectivity index is 1.97. The molecule has 1 saturated heterocycles. The van der Waals surface area contributed by atoms with Crippen LogP contribution in [0.2, 0.25) is 0 Å². The zero-order valence-corrected chi connectivity index (χ0v) is 12.9. The minimum absolute atomic E-state index is 0.241. The average Bonchev–Trinajstić information content (AvgIpc) is 3.15. The second kappa shape index (κ2) is 5.88. The molecular formula is C14H16N4O3S. The highest BCUT2D eigenvalue weighted by molar-refractivity contribution is 7.11. The zero-order chi connectivity index (χ0) is 15.7. The highest BCUT2D eigenvalue weighted by Crippen LogP contribution is 2.34. The van der Waals surface area contributed by atoms with Crippen molar-refractivity contribution in [1.29, 1.82) is 0 Å². The first-order valence-electron chi connectivity index (χ1n) is 7.02. The van der Waals surface area contributed by atoms with Crippen molar-refractivity contribution in [2.24, 2.45) is 16.6 Å². The summed E-state index contributed by atoms with van der Waals surface area (Å²) in [6.45, 7) is 2.73. The number of carbonyl (C=O) groups is 2. The van der Waals surface area contributed by atoms with Gasteiger partial charge in [-0.15, -0.1) is 11.3 Å². The van der Waals surface area contributed by atoms with Gasteiger partial charge in [-0.25, -0.2) is 9.78 Å². The van der Waals surface area contributed by atoms with Crippen molar-refractivity contribution in [3.05, 3.63) is 27.9 Å². The van der Waals surface area contributed by atoms with E-state index in [1.165, 1.54) is 11.3 Å². The van der Waals surface area contributed by atoms with Crippen LogP contribution < -0.4 is 5.73 Å². The molecule has 0 aliphatic carbocycles. The summed E-state index contributed by atoms with van der Waals surface area (Å²) >= 11 is 1.47. The molecule has 1 amide bonds. The van der Waals surface area contributed by atoms with Crippen molar-refractivity contribution in [2.75, 3.05) is 19.7 Å². The number of nitrogens with two attached hydrogens (primary N) is 1. The number of amides is 1. The summed E-state index contributed by atoms with van der Waals surface area (Å²) in [4.78, 5) is 34.3. The Kier molecular flexibility index (Phi) is 3.93. The van der Waals surface area contributed by atoms with Gasteiger partial charge in [-0.2, -0.15) is 0 Å². The number of fused-ring (bicyclic) bond motifs is 1. The summed E-state index contributed by atoms with van der Waals surface area (Å²) in [5.41, 5.74) is 6.72. The van der Waals surface area contributed by atoms with E-state index in [2.05, 4.69) is 9.98 Å². The lowest BCUT2D eigenvalue weighted by Crippen LogP contribution is -2.35. The second-order valence-electron chi connectivity index (χ2n) is 5.04. The maximum Gasteiger partial charge on any atom is 0.337 e. The van der Waals surface area contributed by atoms with Gasteiger partial charge in [0.25, 0.3) is 0 Å². The third-order valence-corrected chi connectivity index (χ3v) is 4.48. The Morgan fingerprint density at radius 3 is 3.00 bits per heavy atom. The van der Waals surface area contributed by atoms with Gasteiger partial charge in [-0.1, -0.05) is 0 Å². The Labute approximate surface area is 131 Å². The minimum atomic E-state index is -0.380. The molecule has 1 aromatic heterocycles. The van der Waals surface area contributed by atoms with Gasteiger partial charge >= 0.3 is 5.97 Å². The number of carbonyl (C=O) groups excluding carboxylic acids is 2. The van der Waals surface area contributed by atoms with Crippen LogP contribution in [-0.2, 0) is 14.3 Å². The molecule has 0 spiro atoms. The van der Waals surface area contributed by atoms with Crippen molar-refractivity contribution < 1.29 is 14.3 Å². The van der Waals surface area contributed by atoms with Crippen LogP contribution in [0.4, 0.5) is 0 Å². The first kappa shape index (κ1) is 14.7. The summed E-state index contributed by atoms with van der Waals surface area (Å²) < 4.78 is 5.09. The Morgan fingerprint density at radius 1 is 1.55 bits per heavy atom. The smallest absolute Gasteiger partial charge is 0.337 e. The van der Waals surface area contributed by atoms with Gasteiger partial charge in [0, 0.05) is 30.2 Å². The van der Waals surface area contributed by atoms with E-state index in [4.69, 9.17) is 10.5 Å². The van der Waals surface area contributed by atoms with Gasteiger partial charge in [0.15, 0.2) is 10.8 Å². The molecule has 3 rings (SSSR count). The monoisotopic (exact) mass is 320 g/mol. The molecular weight excluding hydrogens is 304 g/mol. The lowest BCUT2D eigenvalue weighted by Gasteiger charge is -2.26. The third-order valence-electron chi connectivity index (χ3n) is 3.71. The zero-order valence-electron chi connectivity index (χ0n) is 12.1. The van der Waals surface area contributed by atoms with Crippen LogP contribution in [0.1, 0.15) is 18.4 Å². The molecule has 0 aromatic carbocycles. The molecule has 2 N–H and O–H groups in total. The molecule has 0 bridgehead atoms. The number of hydrogen-bond donors (Lipinski definition) is 1. The number of thiazole rings is 1. The van der Waals surface area contributed by atoms with Crippen LogP contribution in [-0.4, -0.2) is 47.3 Å². The van der Waals surface area contributed by atoms with Crippen LogP contribution in [0, 0.1) is 5.92 Å². The molecule has 116 valence electrons. The van der Waals surface area contributed by atoms with E-state index in [1.54, 1.807) is 13.1 Å². The van der Waals surface area contributed by atoms with Crippen LogP contribution in [0.25, 0.3) is 0 Å². The predicted molar refractivity (Wildman–Crippen MR) is 81.2 cm³/mol. The van der Waals surface area contributed by atoms with E-state index in [0.717, 1.165) is 10.7 Å². The number of amidine groups is 1. The number of nitrogens with zero attached hydrogens (tertiary/aromatic N) is 3. The van der Waals surface area contributed by atoms with E-state index < -0.39 is 0 Å². The quantitative estimate of drug-likeness (QED) is 0.816. The fourth-order valence-corrected chi connectivity index (χ4v) is 3.33. The molecule has 1 unspecified atom stereocenters. The van der Waals surface area contributed by atoms with Crippen LogP contribution in [0.3, 0.4) is 0 Å². The number of hydrogen-bond acceptors (Lipinski definition) is 7. The fraction of sp³-hybridized carbons (Fsp3) is 0.429. The lowest BCUT2D eigenvalue weighted by molar-refractivity contribution is -0.138. The Hall–Kier alpha value is -2.22. The minimum Gasteiger partial charge on any atom is -0.463 e. The van der Waals surface area contributed by atoms with E-state index >= 15 is 0 Å². The first-order valence-corrected chi connectivity index (χ1v) is 7.90. The highest BCUT2D eigenvalue weighted by atomic mass is 32.1. The molecule has 7 nitrogen and oxygen atoms in total. The molecule has 0 radical (unpaired) electrons. The number of aliphatic imine (C=N–C) groups is 1. The third kappa shape index (κ3) is 2.50. The van der Waals surface area contributed by atoms with Gasteiger partial charge in [0.05, 0.1) is 24.6 Å². The van der Waals surface area contributed by atoms with Crippen molar-refractivity contribution in [2.45, 2.75) is 13.3 Å². The van der Waals surface area contributed by atoms with Crippen molar-refractivity contribution in [3.8, 4) is 0 Å². The number of rotatable bonds is 4. The van der Waals surface area contributed by atoms with Crippen molar-refractivity contribution in [3.63, 3.8) is 0 Å². The van der Waals surface area contributed by atoms with Crippen molar-refractivity contribution >= 4 is 29.0 Å². The first-order chi connectivity index (χ1) is 10.6. The Morgan fingerprint density at radius 2 is 2.36 bits per heavy atom. The topological polar surface area (TPSA) is 97.9 Å². The molecule has 8 heteroatoms. The van der Waals surface area contributed by atoms with E-state index in [-0.39, 0.29) is 24.3 Å². The number of ether oxygens (including phenoxy) is 1. The van der Waals surface area contributed by atoms with Gasteiger partial charge in [0.2, 0.25) is 5.91 Å². The SMILES string of the molecule is CCOC(=O)C1=C2CC(C(N)=O)CN2C(c2nccs2)=NC1. The molecule has 22 heavy (non-hydrogen) atoms. The van der Waals surface area contributed by atoms with Gasteiger partial charge in [-0.05, 0) is 6.92 Å². The number of aromatic nitrogens is 1. The summed E-state index contributed by atoms with van der Waals surface area (Å²) in [6, 6.07) is 0. The van der Waals surface area contributed by atoms with Gasteiger partial charge in [0.1, 0.15) is 0 Å². The van der Waals surface area contributed by atoms with E-state index in [9.17, 15) is 9.59 Å². The Bertz CT molecular complexity index is 666. The maximum atomic E-state index is 12.1. The summed E-state index contributed by atoms with van der Waals surface area (Å²) in [7, 11) is 0. The predicted octanol–water partition coefficient (Wildman–Crippen LogP) is 0.528. The molecule has 1 aromatic rings. The molecule has 2 aliphatic heterocycles. The molecule has 0 saturated carbocycles. The molecule has 2 aliphatic rings. The largest absolute Gasteiger partial charge is 0.463 e. The summed E-state index contributed by atoms with van der Waals surface area (Å²) in [6.07, 6.45) is 2.14. The van der Waals surface area contributed by atoms with Crippen LogP contribution >= 0.6 is 11.3 Å². The summed E-state index contributed by atoms with van der Waals surface area (Å²) in [5.74, 6) is -0.386.